The Morgan fingerprint density at radius 3 is 2.48 bits per heavy atom. The van der Waals surface area contributed by atoms with Gasteiger partial charge in [-0.25, -0.2) is 4.79 Å². The number of allylic oxidation sites excluding steroid dienone is 1. The molecular formula is C20H20O5. The lowest BCUT2D eigenvalue weighted by Crippen LogP contribution is -2.08. The number of ether oxygens (including phenoxy) is 3. The maximum Gasteiger partial charge on any atom is 0.338 e. The van der Waals surface area contributed by atoms with Crippen LogP contribution >= 0.6 is 0 Å². The van der Waals surface area contributed by atoms with Crippen molar-refractivity contribution in [3.63, 3.8) is 0 Å². The first kappa shape index (κ1) is 18.3. The zero-order valence-corrected chi connectivity index (χ0v) is 14.4. The monoisotopic (exact) mass is 340 g/mol. The van der Waals surface area contributed by atoms with Crippen LogP contribution in [0.2, 0.25) is 0 Å². The summed E-state index contributed by atoms with van der Waals surface area (Å²) in [6.07, 6.45) is 2.45. The quantitative estimate of drug-likeness (QED) is 0.437. The fourth-order valence-corrected chi connectivity index (χ4v) is 2.44. The summed E-state index contributed by atoms with van der Waals surface area (Å²) in [5.74, 6) is 0.583. The lowest BCUT2D eigenvalue weighted by Gasteiger charge is -2.14. The van der Waals surface area contributed by atoms with Crippen LogP contribution in [0, 0.1) is 0 Å². The molecule has 0 aliphatic heterocycles. The molecule has 0 fully saturated rings. The summed E-state index contributed by atoms with van der Waals surface area (Å²) in [6, 6.07) is 12.4. The molecule has 0 saturated heterocycles. The van der Waals surface area contributed by atoms with Crippen LogP contribution in [0.25, 0.3) is 5.57 Å². The average Bonchev–Trinajstić information content (AvgIpc) is 2.67. The Labute approximate surface area is 146 Å². The minimum absolute atomic E-state index is 0.211. The van der Waals surface area contributed by atoms with Gasteiger partial charge in [-0.3, -0.25) is 4.79 Å². The molecule has 0 bridgehead atoms. The molecule has 0 atom stereocenters. The van der Waals surface area contributed by atoms with Gasteiger partial charge >= 0.3 is 5.97 Å². The normalized spacial score (nSPS) is 10.9. The molecule has 0 heterocycles. The molecule has 0 spiro atoms. The van der Waals surface area contributed by atoms with Gasteiger partial charge in [0.1, 0.15) is 12.9 Å². The van der Waals surface area contributed by atoms with E-state index in [1.165, 1.54) is 14.2 Å². The van der Waals surface area contributed by atoms with Crippen molar-refractivity contribution in [2.24, 2.45) is 0 Å². The molecule has 2 aromatic carbocycles. The summed E-state index contributed by atoms with van der Waals surface area (Å²) in [4.78, 5) is 22.9. The Bertz CT molecular complexity index is 792. The van der Waals surface area contributed by atoms with Crippen LogP contribution in [-0.2, 0) is 16.1 Å². The first-order chi connectivity index (χ1) is 12.1. The maximum atomic E-state index is 12.0. The Kier molecular flexibility index (Phi) is 6.34. The van der Waals surface area contributed by atoms with Crippen LogP contribution in [0.15, 0.2) is 48.5 Å². The van der Waals surface area contributed by atoms with E-state index in [1.807, 2.05) is 24.3 Å². The highest BCUT2D eigenvalue weighted by Crippen LogP contribution is 2.29. The van der Waals surface area contributed by atoms with E-state index in [1.54, 1.807) is 31.2 Å². The molecular weight excluding hydrogens is 320 g/mol. The van der Waals surface area contributed by atoms with E-state index >= 15 is 0 Å². The topological polar surface area (TPSA) is 61.8 Å². The first-order valence-electron chi connectivity index (χ1n) is 7.73. The molecule has 0 aromatic heterocycles. The molecule has 2 rings (SSSR count). The maximum absolute atomic E-state index is 12.0. The van der Waals surface area contributed by atoms with Crippen LogP contribution in [0.4, 0.5) is 0 Å². The minimum Gasteiger partial charge on any atom is -0.493 e. The molecule has 2 aromatic rings. The number of benzene rings is 2. The molecule has 0 unspecified atom stereocenters. The van der Waals surface area contributed by atoms with E-state index in [-0.39, 0.29) is 6.61 Å². The predicted molar refractivity (Wildman–Crippen MR) is 94.8 cm³/mol. The molecule has 0 amide bonds. The standard InChI is InChI=1S/C20H20O5/c1-4-16(20(22)24-3)17-8-6-5-7-15(17)13-25-19-11-14(12-21)9-10-18(19)23-2/h4-12H,13H2,1-3H3. The van der Waals surface area contributed by atoms with Crippen molar-refractivity contribution in [2.45, 2.75) is 13.5 Å². The van der Waals surface area contributed by atoms with Crippen LogP contribution in [0.5, 0.6) is 11.5 Å². The van der Waals surface area contributed by atoms with Gasteiger partial charge in [-0.2, -0.15) is 0 Å². The van der Waals surface area contributed by atoms with Crippen molar-refractivity contribution in [1.29, 1.82) is 0 Å². The van der Waals surface area contributed by atoms with E-state index in [4.69, 9.17) is 14.2 Å². The number of carbonyl (C=O) groups excluding carboxylic acids is 2. The number of aldehydes is 1. The van der Waals surface area contributed by atoms with Crippen LogP contribution < -0.4 is 9.47 Å². The van der Waals surface area contributed by atoms with Crippen LogP contribution in [0.1, 0.15) is 28.4 Å². The van der Waals surface area contributed by atoms with Crippen LogP contribution in [0.3, 0.4) is 0 Å². The van der Waals surface area contributed by atoms with Crippen molar-refractivity contribution in [3.05, 3.63) is 65.2 Å². The van der Waals surface area contributed by atoms with E-state index < -0.39 is 5.97 Å². The summed E-state index contributed by atoms with van der Waals surface area (Å²) < 4.78 is 15.9. The molecule has 0 aliphatic carbocycles. The molecule has 130 valence electrons. The zero-order valence-electron chi connectivity index (χ0n) is 14.4. The lowest BCUT2D eigenvalue weighted by atomic mass is 10.00. The van der Waals surface area contributed by atoms with E-state index in [2.05, 4.69) is 0 Å². The number of rotatable bonds is 7. The largest absolute Gasteiger partial charge is 0.493 e. The average molecular weight is 340 g/mol. The van der Waals surface area contributed by atoms with Crippen molar-refractivity contribution < 1.29 is 23.8 Å². The molecule has 0 aliphatic rings. The second kappa shape index (κ2) is 8.68. The van der Waals surface area contributed by atoms with Gasteiger partial charge in [-0.1, -0.05) is 30.3 Å². The third-order valence-electron chi connectivity index (χ3n) is 3.71. The number of esters is 1. The second-order valence-electron chi connectivity index (χ2n) is 5.17. The van der Waals surface area contributed by atoms with Gasteiger partial charge in [0, 0.05) is 5.56 Å². The number of hydrogen-bond acceptors (Lipinski definition) is 5. The van der Waals surface area contributed by atoms with Gasteiger partial charge in [0.25, 0.3) is 0 Å². The minimum atomic E-state index is -0.407. The van der Waals surface area contributed by atoms with Gasteiger partial charge in [0.15, 0.2) is 11.5 Å². The van der Waals surface area contributed by atoms with Gasteiger partial charge in [0.05, 0.1) is 19.8 Å². The predicted octanol–water partition coefficient (Wildman–Crippen LogP) is 3.66. The summed E-state index contributed by atoms with van der Waals surface area (Å²) in [7, 11) is 2.88. The van der Waals surface area contributed by atoms with Crippen molar-refractivity contribution in [2.75, 3.05) is 14.2 Å². The van der Waals surface area contributed by atoms with Gasteiger partial charge in [-0.05, 0) is 36.2 Å². The molecule has 0 N–H and O–H groups in total. The van der Waals surface area contributed by atoms with Crippen LogP contribution in [-0.4, -0.2) is 26.5 Å². The third-order valence-corrected chi connectivity index (χ3v) is 3.71. The Morgan fingerprint density at radius 1 is 1.08 bits per heavy atom. The van der Waals surface area contributed by atoms with Gasteiger partial charge in [0.2, 0.25) is 0 Å². The smallest absolute Gasteiger partial charge is 0.338 e. The molecule has 0 radical (unpaired) electrons. The fraction of sp³-hybridized carbons (Fsp3) is 0.200. The molecule has 0 saturated carbocycles. The van der Waals surface area contributed by atoms with Crippen molar-refractivity contribution >= 4 is 17.8 Å². The summed E-state index contributed by atoms with van der Waals surface area (Å²) in [5, 5.41) is 0. The Balaban J connectivity index is 2.31. The summed E-state index contributed by atoms with van der Waals surface area (Å²) in [5.41, 5.74) is 2.52. The summed E-state index contributed by atoms with van der Waals surface area (Å²) >= 11 is 0. The number of hydrogen-bond donors (Lipinski definition) is 0. The third kappa shape index (κ3) is 4.26. The Hall–Kier alpha value is -3.08. The van der Waals surface area contributed by atoms with Gasteiger partial charge < -0.3 is 14.2 Å². The number of methoxy groups -OCH3 is 2. The second-order valence-corrected chi connectivity index (χ2v) is 5.17. The molecule has 5 nitrogen and oxygen atoms in total. The zero-order chi connectivity index (χ0) is 18.2. The van der Waals surface area contributed by atoms with E-state index in [0.717, 1.165) is 17.4 Å². The van der Waals surface area contributed by atoms with E-state index in [0.29, 0.717) is 22.6 Å². The highest BCUT2D eigenvalue weighted by molar-refractivity contribution is 6.16. The van der Waals surface area contributed by atoms with Gasteiger partial charge in [-0.15, -0.1) is 0 Å². The van der Waals surface area contributed by atoms with E-state index in [9.17, 15) is 9.59 Å². The number of carbonyl (C=O) groups is 2. The SMILES string of the molecule is CC=C(C(=O)OC)c1ccccc1COc1cc(C=O)ccc1OC. The lowest BCUT2D eigenvalue weighted by molar-refractivity contribution is -0.133. The fourth-order valence-electron chi connectivity index (χ4n) is 2.44. The molecule has 5 heteroatoms. The van der Waals surface area contributed by atoms with Crippen molar-refractivity contribution in [3.8, 4) is 11.5 Å². The Morgan fingerprint density at radius 2 is 1.84 bits per heavy atom. The highest BCUT2D eigenvalue weighted by atomic mass is 16.5. The summed E-state index contributed by atoms with van der Waals surface area (Å²) in [6.45, 7) is 1.99. The molecule has 25 heavy (non-hydrogen) atoms. The van der Waals surface area contributed by atoms with Crippen molar-refractivity contribution in [1.82, 2.24) is 0 Å². The highest BCUT2D eigenvalue weighted by Gasteiger charge is 2.15. The first-order valence-corrected chi connectivity index (χ1v) is 7.73.